The predicted octanol–water partition coefficient (Wildman–Crippen LogP) is 0.167. The Morgan fingerprint density at radius 2 is 2.00 bits per heavy atom. The summed E-state index contributed by atoms with van der Waals surface area (Å²) in [5.74, 6) is 0. The van der Waals surface area contributed by atoms with Crippen molar-refractivity contribution in [3.05, 3.63) is 0 Å². The Bertz CT molecular complexity index is 175. The largest absolute Gasteiger partial charge is 0.530 e. The zero-order valence-corrected chi connectivity index (χ0v) is 8.83. The van der Waals surface area contributed by atoms with Gasteiger partial charge in [-0.05, 0) is 40.7 Å². The molecular weight excluding hydrogens is 168 g/mol. The van der Waals surface area contributed by atoms with Gasteiger partial charge in [0.05, 0.1) is 0 Å². The molecule has 0 aromatic carbocycles. The molecule has 4 heteroatoms. The summed E-state index contributed by atoms with van der Waals surface area (Å²) in [5, 5.41) is 10.8. The van der Waals surface area contributed by atoms with Crippen LogP contribution in [0.5, 0.6) is 0 Å². The molecule has 2 N–H and O–H groups in total. The number of nitrogens with zero attached hydrogens (tertiary/aromatic N) is 1. The van der Waals surface area contributed by atoms with Gasteiger partial charge in [-0.2, -0.15) is 0 Å². The second-order valence-electron chi connectivity index (χ2n) is 4.23. The van der Waals surface area contributed by atoms with Gasteiger partial charge < -0.3 is 20.5 Å². The number of nitrogens with two attached hydrogens (primary N) is 1. The fourth-order valence-corrected chi connectivity index (χ4v) is 1.49. The Morgan fingerprint density at radius 3 is 2.23 bits per heavy atom. The molecule has 0 aromatic rings. The number of carbonyl (C=O) groups is 1. The number of carbonyl (C=O) groups excluding carboxylic acids is 1. The van der Waals surface area contributed by atoms with Crippen LogP contribution in [0.3, 0.4) is 0 Å². The third-order valence-electron chi connectivity index (χ3n) is 1.94. The highest BCUT2D eigenvalue weighted by molar-refractivity contribution is 5.64. The molecule has 78 valence electrons. The van der Waals surface area contributed by atoms with E-state index in [2.05, 4.69) is 0 Å². The van der Waals surface area contributed by atoms with Crippen LogP contribution in [0.4, 0.5) is 4.79 Å². The molecule has 0 rings (SSSR count). The van der Waals surface area contributed by atoms with E-state index < -0.39 is 11.6 Å². The first-order valence-electron chi connectivity index (χ1n) is 4.51. The van der Waals surface area contributed by atoms with Crippen LogP contribution in [0.25, 0.3) is 0 Å². The third-order valence-corrected chi connectivity index (χ3v) is 1.94. The van der Waals surface area contributed by atoms with Gasteiger partial charge in [0, 0.05) is 11.6 Å². The van der Waals surface area contributed by atoms with Crippen molar-refractivity contribution in [2.75, 3.05) is 6.54 Å². The molecule has 1 atom stereocenters. The maximum atomic E-state index is 10.8. The summed E-state index contributed by atoms with van der Waals surface area (Å²) in [6.07, 6.45) is -0.473. The minimum Gasteiger partial charge on any atom is -0.530 e. The predicted molar refractivity (Wildman–Crippen MR) is 50.1 cm³/mol. The molecule has 13 heavy (non-hydrogen) atoms. The number of rotatable bonds is 3. The van der Waals surface area contributed by atoms with E-state index in [1.165, 1.54) is 4.90 Å². The van der Waals surface area contributed by atoms with Crippen molar-refractivity contribution in [3.8, 4) is 0 Å². The minimum absolute atomic E-state index is 0.0880. The van der Waals surface area contributed by atoms with E-state index in [0.29, 0.717) is 13.0 Å². The molecule has 0 aromatic heterocycles. The summed E-state index contributed by atoms with van der Waals surface area (Å²) < 4.78 is 0. The molecule has 4 nitrogen and oxygen atoms in total. The standard InChI is InChI=1S/C9H20N2O2/c1-7(5-6-10)11(8(12)13)9(2,3)4/h7H,5-6,10H2,1-4H3,(H,12,13)/p-1/t7-/m0/s1. The zero-order valence-electron chi connectivity index (χ0n) is 8.83. The monoisotopic (exact) mass is 187 g/mol. The van der Waals surface area contributed by atoms with Gasteiger partial charge in [0.2, 0.25) is 0 Å². The molecule has 0 unspecified atom stereocenters. The summed E-state index contributed by atoms with van der Waals surface area (Å²) in [7, 11) is 0. The fourth-order valence-electron chi connectivity index (χ4n) is 1.49. The SMILES string of the molecule is C[C@@H](CCN)N(C(=O)[O-])C(C)(C)C. The van der Waals surface area contributed by atoms with Crippen molar-refractivity contribution in [2.45, 2.75) is 45.7 Å². The van der Waals surface area contributed by atoms with Crippen LogP contribution in [0.1, 0.15) is 34.1 Å². The third kappa shape index (κ3) is 3.63. The van der Waals surface area contributed by atoms with Crippen molar-refractivity contribution in [3.63, 3.8) is 0 Å². The Hall–Kier alpha value is -0.770. The van der Waals surface area contributed by atoms with Crippen LogP contribution in [-0.4, -0.2) is 29.1 Å². The van der Waals surface area contributed by atoms with Crippen molar-refractivity contribution in [1.29, 1.82) is 0 Å². The number of hydrogen-bond donors (Lipinski definition) is 1. The van der Waals surface area contributed by atoms with Crippen molar-refractivity contribution < 1.29 is 9.90 Å². The van der Waals surface area contributed by atoms with Gasteiger partial charge >= 0.3 is 0 Å². The number of amides is 1. The highest BCUT2D eigenvalue weighted by atomic mass is 16.4. The van der Waals surface area contributed by atoms with Gasteiger partial charge in [-0.1, -0.05) is 0 Å². The first kappa shape index (κ1) is 12.2. The van der Waals surface area contributed by atoms with Crippen LogP contribution in [0, 0.1) is 0 Å². The van der Waals surface area contributed by atoms with Crippen LogP contribution in [-0.2, 0) is 0 Å². The van der Waals surface area contributed by atoms with Gasteiger partial charge in [0.15, 0.2) is 0 Å². The lowest BCUT2D eigenvalue weighted by molar-refractivity contribution is -0.273. The molecule has 0 bridgehead atoms. The lowest BCUT2D eigenvalue weighted by Gasteiger charge is -2.42. The molecular formula is C9H19N2O2-. The molecule has 0 radical (unpaired) electrons. The first-order chi connectivity index (χ1) is 5.80. The molecule has 0 spiro atoms. The smallest absolute Gasteiger partial charge is 0.137 e. The maximum Gasteiger partial charge on any atom is 0.137 e. The molecule has 0 fully saturated rings. The Balaban J connectivity index is 4.52. The highest BCUT2D eigenvalue weighted by Crippen LogP contribution is 2.17. The lowest BCUT2D eigenvalue weighted by Crippen LogP contribution is -2.56. The first-order valence-corrected chi connectivity index (χ1v) is 4.51. The Labute approximate surface area is 79.7 Å². The number of hydrogen-bond acceptors (Lipinski definition) is 3. The summed E-state index contributed by atoms with van der Waals surface area (Å²) >= 11 is 0. The highest BCUT2D eigenvalue weighted by Gasteiger charge is 2.25. The van der Waals surface area contributed by atoms with Crippen LogP contribution >= 0.6 is 0 Å². The van der Waals surface area contributed by atoms with E-state index >= 15 is 0 Å². The molecule has 0 aliphatic carbocycles. The summed E-state index contributed by atoms with van der Waals surface area (Å²) in [5.41, 5.74) is 4.95. The topological polar surface area (TPSA) is 69.4 Å². The van der Waals surface area contributed by atoms with E-state index in [-0.39, 0.29) is 6.04 Å². The van der Waals surface area contributed by atoms with Crippen LogP contribution < -0.4 is 10.8 Å². The van der Waals surface area contributed by atoms with E-state index in [9.17, 15) is 9.90 Å². The second-order valence-corrected chi connectivity index (χ2v) is 4.23. The quantitative estimate of drug-likeness (QED) is 0.684. The van der Waals surface area contributed by atoms with Gasteiger partial charge in [-0.15, -0.1) is 0 Å². The molecule has 0 saturated carbocycles. The van der Waals surface area contributed by atoms with Gasteiger partial charge in [-0.25, -0.2) is 0 Å². The van der Waals surface area contributed by atoms with E-state index in [0.717, 1.165) is 0 Å². The maximum absolute atomic E-state index is 10.8. The molecule has 1 amide bonds. The van der Waals surface area contributed by atoms with E-state index in [1.54, 1.807) is 0 Å². The van der Waals surface area contributed by atoms with Crippen molar-refractivity contribution in [1.82, 2.24) is 4.90 Å². The zero-order chi connectivity index (χ0) is 10.6. The molecule has 0 saturated heterocycles. The van der Waals surface area contributed by atoms with Crippen LogP contribution in [0.15, 0.2) is 0 Å². The summed E-state index contributed by atoms with van der Waals surface area (Å²) in [6.45, 7) is 7.86. The van der Waals surface area contributed by atoms with Gasteiger partial charge in [-0.3, -0.25) is 0 Å². The Kier molecular flexibility index (Phi) is 4.20. The number of carboxylic acid groups (broad SMARTS) is 1. The van der Waals surface area contributed by atoms with Gasteiger partial charge in [0.1, 0.15) is 6.09 Å². The molecule has 0 aliphatic heterocycles. The van der Waals surface area contributed by atoms with E-state index in [4.69, 9.17) is 5.73 Å². The lowest BCUT2D eigenvalue weighted by atomic mass is 10.0. The average Bonchev–Trinajstić information content (AvgIpc) is 1.82. The van der Waals surface area contributed by atoms with Gasteiger partial charge in [0.25, 0.3) is 0 Å². The fraction of sp³-hybridized carbons (Fsp3) is 0.889. The minimum atomic E-state index is -1.13. The Morgan fingerprint density at radius 1 is 1.54 bits per heavy atom. The van der Waals surface area contributed by atoms with E-state index in [1.807, 2.05) is 27.7 Å². The summed E-state index contributed by atoms with van der Waals surface area (Å²) in [6, 6.07) is -0.0880. The average molecular weight is 187 g/mol. The van der Waals surface area contributed by atoms with Crippen molar-refractivity contribution in [2.24, 2.45) is 5.73 Å². The molecule has 0 heterocycles. The summed E-state index contributed by atoms with van der Waals surface area (Å²) in [4.78, 5) is 12.2. The second kappa shape index (κ2) is 4.46. The normalized spacial score (nSPS) is 13.9. The van der Waals surface area contributed by atoms with Crippen LogP contribution in [0.2, 0.25) is 0 Å². The van der Waals surface area contributed by atoms with Crippen molar-refractivity contribution >= 4 is 6.09 Å². The molecule has 0 aliphatic rings.